The van der Waals surface area contributed by atoms with E-state index in [1.807, 2.05) is 6.92 Å². The van der Waals surface area contributed by atoms with Crippen LogP contribution in [0.25, 0.3) is 0 Å². The molecule has 3 atom stereocenters. The molecule has 1 aliphatic heterocycles. The van der Waals surface area contributed by atoms with Crippen LogP contribution in [0.3, 0.4) is 0 Å². The highest BCUT2D eigenvalue weighted by Gasteiger charge is 2.39. The molecule has 3 unspecified atom stereocenters. The first-order chi connectivity index (χ1) is 7.61. The van der Waals surface area contributed by atoms with Crippen LogP contribution in [0.1, 0.15) is 13.3 Å². The molecule has 1 saturated heterocycles. The van der Waals surface area contributed by atoms with Gasteiger partial charge in [0.2, 0.25) is 0 Å². The first-order valence-corrected chi connectivity index (χ1v) is 9.52. The molecular weight excluding hydrogens is 265 g/mol. The molecule has 1 rings (SSSR count). The summed E-state index contributed by atoms with van der Waals surface area (Å²) < 4.78 is 33.5. The van der Waals surface area contributed by atoms with Crippen LogP contribution in [0, 0.1) is 11.8 Å². The van der Waals surface area contributed by atoms with Gasteiger partial charge in [-0.1, -0.05) is 6.92 Å². The number of nitrogens with one attached hydrogen (secondary N) is 1. The molecule has 1 fully saturated rings. The van der Waals surface area contributed by atoms with Crippen molar-refractivity contribution in [3.05, 3.63) is 0 Å². The van der Waals surface area contributed by atoms with Gasteiger partial charge in [0, 0.05) is 18.1 Å². The summed E-state index contributed by atoms with van der Waals surface area (Å²) in [6.45, 7) is 3.18. The van der Waals surface area contributed by atoms with Crippen LogP contribution >= 0.6 is 7.60 Å². The van der Waals surface area contributed by atoms with E-state index in [0.29, 0.717) is 13.1 Å². The van der Waals surface area contributed by atoms with Crippen molar-refractivity contribution in [2.24, 2.45) is 11.8 Å². The standard InChI is InChI=1S/C9H20NO5PS/c1-3-8-4-10(7-16(11,12)13)5-9(8)6-17(2,14)15/h8-9H,3-7H2,1-2H3,(H2,11,12,13)/p+1. The van der Waals surface area contributed by atoms with E-state index in [1.54, 1.807) is 0 Å². The zero-order valence-electron chi connectivity index (χ0n) is 10.2. The summed E-state index contributed by atoms with van der Waals surface area (Å²) in [6, 6.07) is 0. The predicted molar refractivity (Wildman–Crippen MR) is 64.6 cm³/mol. The molecule has 0 aliphatic carbocycles. The van der Waals surface area contributed by atoms with E-state index in [2.05, 4.69) is 0 Å². The Morgan fingerprint density at radius 2 is 1.82 bits per heavy atom. The fourth-order valence-corrected chi connectivity index (χ4v) is 4.65. The lowest BCUT2D eigenvalue weighted by Crippen LogP contribution is -3.10. The minimum Gasteiger partial charge on any atom is -0.324 e. The third-order valence-corrected chi connectivity index (χ3v) is 5.13. The van der Waals surface area contributed by atoms with Crippen LogP contribution in [-0.2, 0) is 14.4 Å². The number of hydrogen-bond acceptors (Lipinski definition) is 3. The van der Waals surface area contributed by atoms with E-state index in [0.717, 1.165) is 11.3 Å². The normalized spacial score (nSPS) is 30.7. The monoisotopic (exact) mass is 286 g/mol. The molecule has 17 heavy (non-hydrogen) atoms. The third-order valence-electron chi connectivity index (χ3n) is 3.24. The van der Waals surface area contributed by atoms with E-state index in [-0.39, 0.29) is 23.9 Å². The van der Waals surface area contributed by atoms with Gasteiger partial charge in [-0.3, -0.25) is 4.57 Å². The Hall–Kier alpha value is 0.0600. The summed E-state index contributed by atoms with van der Waals surface area (Å²) in [6.07, 6.45) is 1.87. The Morgan fingerprint density at radius 3 is 2.24 bits per heavy atom. The Morgan fingerprint density at radius 1 is 1.29 bits per heavy atom. The van der Waals surface area contributed by atoms with Gasteiger partial charge in [-0.2, -0.15) is 0 Å². The van der Waals surface area contributed by atoms with Crippen molar-refractivity contribution < 1.29 is 27.7 Å². The molecule has 0 amide bonds. The zero-order valence-corrected chi connectivity index (χ0v) is 11.9. The van der Waals surface area contributed by atoms with Crippen LogP contribution < -0.4 is 4.90 Å². The van der Waals surface area contributed by atoms with Gasteiger partial charge in [-0.25, -0.2) is 8.42 Å². The molecule has 6 nitrogen and oxygen atoms in total. The largest absolute Gasteiger partial charge is 0.379 e. The van der Waals surface area contributed by atoms with Gasteiger partial charge in [-0.05, 0) is 6.42 Å². The number of hydrogen-bond donors (Lipinski definition) is 3. The second kappa shape index (κ2) is 5.36. The predicted octanol–water partition coefficient (Wildman–Crippen LogP) is -1.29. The number of rotatable bonds is 5. The van der Waals surface area contributed by atoms with Gasteiger partial charge in [0.05, 0.1) is 18.8 Å². The van der Waals surface area contributed by atoms with Crippen LogP contribution in [0.2, 0.25) is 0 Å². The van der Waals surface area contributed by atoms with Crippen molar-refractivity contribution in [2.45, 2.75) is 13.3 Å². The number of sulfone groups is 1. The van der Waals surface area contributed by atoms with Crippen LogP contribution in [0.15, 0.2) is 0 Å². The fourth-order valence-electron chi connectivity index (χ4n) is 2.64. The smallest absolute Gasteiger partial charge is 0.324 e. The lowest BCUT2D eigenvalue weighted by molar-refractivity contribution is -0.879. The molecule has 3 N–H and O–H groups in total. The SMILES string of the molecule is CCC1C[NH+](CP(=O)(O)O)CC1CS(C)(=O)=O. The summed E-state index contributed by atoms with van der Waals surface area (Å²) in [7, 11) is -7.04. The van der Waals surface area contributed by atoms with E-state index >= 15 is 0 Å². The van der Waals surface area contributed by atoms with Crippen molar-refractivity contribution in [1.82, 2.24) is 0 Å². The van der Waals surface area contributed by atoms with E-state index in [9.17, 15) is 13.0 Å². The molecule has 8 heteroatoms. The maximum absolute atomic E-state index is 11.3. The average molecular weight is 286 g/mol. The zero-order chi connectivity index (χ0) is 13.3. The van der Waals surface area contributed by atoms with Crippen molar-refractivity contribution in [2.75, 3.05) is 31.4 Å². The highest BCUT2D eigenvalue weighted by Crippen LogP contribution is 2.31. The lowest BCUT2D eigenvalue weighted by atomic mass is 9.96. The Bertz CT molecular complexity index is 404. The van der Waals surface area contributed by atoms with Gasteiger partial charge >= 0.3 is 7.60 Å². The Balaban J connectivity index is 2.65. The molecule has 0 aromatic carbocycles. The number of quaternary nitrogens is 1. The maximum Gasteiger partial charge on any atom is 0.379 e. The first kappa shape index (κ1) is 15.1. The molecule has 102 valence electrons. The fraction of sp³-hybridized carbons (Fsp3) is 1.00. The quantitative estimate of drug-likeness (QED) is 0.546. The van der Waals surface area contributed by atoms with Crippen molar-refractivity contribution in [1.29, 1.82) is 0 Å². The lowest BCUT2D eigenvalue weighted by Gasteiger charge is -2.13. The molecule has 0 aromatic heterocycles. The summed E-state index contributed by atoms with van der Waals surface area (Å²) in [5.74, 6) is 0.388. The van der Waals surface area contributed by atoms with E-state index < -0.39 is 17.4 Å². The van der Waals surface area contributed by atoms with E-state index in [4.69, 9.17) is 9.79 Å². The van der Waals surface area contributed by atoms with Crippen molar-refractivity contribution >= 4 is 17.4 Å². The van der Waals surface area contributed by atoms with Gasteiger partial charge in [0.15, 0.2) is 6.29 Å². The maximum atomic E-state index is 11.3. The van der Waals surface area contributed by atoms with Gasteiger partial charge in [-0.15, -0.1) is 0 Å². The summed E-state index contributed by atoms with van der Waals surface area (Å²) in [4.78, 5) is 18.7. The molecule has 1 aliphatic rings. The van der Waals surface area contributed by atoms with Crippen molar-refractivity contribution in [3.8, 4) is 0 Å². The van der Waals surface area contributed by atoms with Crippen LogP contribution in [0.4, 0.5) is 0 Å². The highest BCUT2D eigenvalue weighted by atomic mass is 32.2. The van der Waals surface area contributed by atoms with Gasteiger partial charge in [0.25, 0.3) is 0 Å². The van der Waals surface area contributed by atoms with Crippen molar-refractivity contribution in [3.63, 3.8) is 0 Å². The first-order valence-electron chi connectivity index (χ1n) is 5.66. The molecule has 0 spiro atoms. The van der Waals surface area contributed by atoms with Gasteiger partial charge in [0.1, 0.15) is 9.84 Å². The molecule has 0 saturated carbocycles. The highest BCUT2D eigenvalue weighted by molar-refractivity contribution is 7.90. The summed E-state index contributed by atoms with van der Waals surface area (Å²) in [5, 5.41) is 0. The second-order valence-electron chi connectivity index (χ2n) is 5.00. The summed E-state index contributed by atoms with van der Waals surface area (Å²) in [5.41, 5.74) is 0. The third kappa shape index (κ3) is 5.48. The minimum absolute atomic E-state index is 0.0246. The Kier molecular flexibility index (Phi) is 4.77. The van der Waals surface area contributed by atoms with Gasteiger partial charge < -0.3 is 14.7 Å². The topological polar surface area (TPSA) is 96.1 Å². The second-order valence-corrected chi connectivity index (χ2v) is 8.83. The molecular formula is C9H21NO5PS+. The van der Waals surface area contributed by atoms with Crippen LogP contribution in [-0.4, -0.2) is 49.6 Å². The number of likely N-dealkylation sites (tertiary alicyclic amines) is 1. The summed E-state index contributed by atoms with van der Waals surface area (Å²) >= 11 is 0. The minimum atomic E-state index is -4.02. The molecule has 0 radical (unpaired) electrons. The van der Waals surface area contributed by atoms with Crippen LogP contribution in [0.5, 0.6) is 0 Å². The molecule has 0 aromatic rings. The molecule has 1 heterocycles. The van der Waals surface area contributed by atoms with E-state index in [1.165, 1.54) is 6.26 Å². The molecule has 0 bridgehead atoms. The average Bonchev–Trinajstić information content (AvgIpc) is 2.40. The Labute approximate surface area is 102 Å².